The second-order valence-corrected chi connectivity index (χ2v) is 9.32. The van der Waals surface area contributed by atoms with E-state index in [0.717, 1.165) is 25.7 Å². The Morgan fingerprint density at radius 1 is 1.31 bits per heavy atom. The largest absolute Gasteiger partial charge is 0.382 e. The van der Waals surface area contributed by atoms with Gasteiger partial charge in [-0.2, -0.15) is 0 Å². The topological polar surface area (TPSA) is 48.2 Å². The maximum Gasteiger partial charge on any atom is 0.0746 e. The molecule has 0 saturated carbocycles. The molecular formula is C29H43N3. The molecule has 0 bridgehead atoms. The summed E-state index contributed by atoms with van der Waals surface area (Å²) in [5, 5.41) is 12.0. The number of hydrogen-bond donors (Lipinski definition) is 2. The second-order valence-electron chi connectivity index (χ2n) is 9.32. The Bertz CT molecular complexity index is 874. The molecule has 3 unspecified atom stereocenters. The summed E-state index contributed by atoms with van der Waals surface area (Å²) in [6.07, 6.45) is 20.7. The van der Waals surface area contributed by atoms with Gasteiger partial charge in [0, 0.05) is 18.0 Å². The van der Waals surface area contributed by atoms with Gasteiger partial charge in [0.05, 0.1) is 11.8 Å². The molecule has 2 aliphatic rings. The molecule has 1 heterocycles. The molecule has 174 valence electrons. The van der Waals surface area contributed by atoms with Crippen molar-refractivity contribution in [3.8, 4) is 0 Å². The molecule has 1 aliphatic carbocycles. The summed E-state index contributed by atoms with van der Waals surface area (Å²) in [7, 11) is 0. The average Bonchev–Trinajstić information content (AvgIpc) is 3.00. The summed E-state index contributed by atoms with van der Waals surface area (Å²) in [5.41, 5.74) is 7.10. The molecule has 3 heteroatoms. The van der Waals surface area contributed by atoms with Gasteiger partial charge in [0.2, 0.25) is 0 Å². The lowest BCUT2D eigenvalue weighted by Crippen LogP contribution is -2.25. The van der Waals surface area contributed by atoms with Crippen molar-refractivity contribution in [2.75, 3.05) is 0 Å². The standard InChI is InChI=1S/C29H43N3/c1-8-23-15-11-12-17-27(20(4)5)28(23)31-19-25(30)16-13-14-21(6)26(10-3)29-24(9-2)18-22(7)32-29/h9,11-16,19-20,22,27-28,30,32H,8,10,17-18H2,1-7H3/b16-13-,21-14+,24-9-,29-26-,30-25?,31-19+. The van der Waals surface area contributed by atoms with Gasteiger partial charge >= 0.3 is 0 Å². The number of allylic oxidation sites excluding steroid dienone is 10. The molecule has 1 saturated heterocycles. The Balaban J connectivity index is 2.15. The Kier molecular flexibility index (Phi) is 10.2. The van der Waals surface area contributed by atoms with Crippen molar-refractivity contribution in [2.24, 2.45) is 16.8 Å². The minimum atomic E-state index is 0.159. The van der Waals surface area contributed by atoms with Gasteiger partial charge in [-0.25, -0.2) is 0 Å². The minimum absolute atomic E-state index is 0.159. The summed E-state index contributed by atoms with van der Waals surface area (Å²) >= 11 is 0. The lowest BCUT2D eigenvalue weighted by atomic mass is 9.82. The monoisotopic (exact) mass is 433 g/mol. The molecule has 0 spiro atoms. The SMILES string of the molecule is C/C=C1/CC(C)N/C1=C(CC)\C(C)=C\C=C/C(=N)/C=N/C1C(CC)=CC=CCC1C(C)C. The Morgan fingerprint density at radius 3 is 2.69 bits per heavy atom. The van der Waals surface area contributed by atoms with E-state index in [9.17, 15) is 0 Å². The molecule has 32 heavy (non-hydrogen) atoms. The predicted octanol–water partition coefficient (Wildman–Crippen LogP) is 7.51. The molecule has 0 amide bonds. The van der Waals surface area contributed by atoms with Crippen molar-refractivity contribution in [1.29, 1.82) is 5.41 Å². The van der Waals surface area contributed by atoms with Gasteiger partial charge < -0.3 is 5.32 Å². The highest BCUT2D eigenvalue weighted by molar-refractivity contribution is 6.34. The van der Waals surface area contributed by atoms with Crippen molar-refractivity contribution < 1.29 is 0 Å². The van der Waals surface area contributed by atoms with Crippen molar-refractivity contribution in [3.63, 3.8) is 0 Å². The fourth-order valence-electron chi connectivity index (χ4n) is 4.72. The molecule has 2 N–H and O–H groups in total. The highest BCUT2D eigenvalue weighted by atomic mass is 15.0. The van der Waals surface area contributed by atoms with E-state index in [2.05, 4.69) is 84.2 Å². The van der Waals surface area contributed by atoms with E-state index in [-0.39, 0.29) is 6.04 Å². The average molecular weight is 434 g/mol. The van der Waals surface area contributed by atoms with Crippen LogP contribution in [0.25, 0.3) is 0 Å². The lowest BCUT2D eigenvalue weighted by molar-refractivity contribution is 0.346. The Hall–Kier alpha value is -2.42. The van der Waals surface area contributed by atoms with Gasteiger partial charge in [0.25, 0.3) is 0 Å². The number of nitrogens with zero attached hydrogens (tertiary/aromatic N) is 1. The van der Waals surface area contributed by atoms with Crippen LogP contribution in [0.1, 0.15) is 74.1 Å². The quantitative estimate of drug-likeness (QED) is 0.302. The fourth-order valence-corrected chi connectivity index (χ4v) is 4.72. The highest BCUT2D eigenvalue weighted by Gasteiger charge is 2.26. The van der Waals surface area contributed by atoms with Crippen LogP contribution < -0.4 is 5.32 Å². The summed E-state index contributed by atoms with van der Waals surface area (Å²) in [6, 6.07) is 0.647. The predicted molar refractivity (Wildman–Crippen MR) is 142 cm³/mol. The van der Waals surface area contributed by atoms with E-state index >= 15 is 0 Å². The Morgan fingerprint density at radius 2 is 2.06 bits per heavy atom. The molecule has 0 radical (unpaired) electrons. The van der Waals surface area contributed by atoms with E-state index in [0.29, 0.717) is 23.6 Å². The number of nitrogens with one attached hydrogen (secondary N) is 2. The highest BCUT2D eigenvalue weighted by Crippen LogP contribution is 2.31. The van der Waals surface area contributed by atoms with E-state index in [1.165, 1.54) is 28.0 Å². The zero-order valence-electron chi connectivity index (χ0n) is 21.2. The van der Waals surface area contributed by atoms with Crippen LogP contribution in [0.3, 0.4) is 0 Å². The van der Waals surface area contributed by atoms with E-state index < -0.39 is 0 Å². The molecular weight excluding hydrogens is 390 g/mol. The van der Waals surface area contributed by atoms with Crippen molar-refractivity contribution >= 4 is 11.9 Å². The molecule has 1 aliphatic heterocycles. The van der Waals surface area contributed by atoms with Gasteiger partial charge in [-0.1, -0.05) is 64.2 Å². The molecule has 2 rings (SSSR count). The first-order valence-corrected chi connectivity index (χ1v) is 12.3. The summed E-state index contributed by atoms with van der Waals surface area (Å²) < 4.78 is 0. The van der Waals surface area contributed by atoms with Gasteiger partial charge in [-0.3, -0.25) is 10.4 Å². The van der Waals surface area contributed by atoms with Gasteiger partial charge in [-0.15, -0.1) is 0 Å². The van der Waals surface area contributed by atoms with Gasteiger partial charge in [-0.05, 0) is 86.7 Å². The molecule has 3 atom stereocenters. The van der Waals surface area contributed by atoms with Crippen LogP contribution in [0.15, 0.2) is 75.5 Å². The summed E-state index contributed by atoms with van der Waals surface area (Å²) in [5.74, 6) is 1.04. The first-order chi connectivity index (χ1) is 15.3. The minimum Gasteiger partial charge on any atom is -0.382 e. The fraction of sp³-hybridized carbons (Fsp3) is 0.517. The maximum absolute atomic E-state index is 8.38. The maximum atomic E-state index is 8.38. The van der Waals surface area contributed by atoms with Gasteiger partial charge in [0.15, 0.2) is 0 Å². The van der Waals surface area contributed by atoms with Crippen LogP contribution in [0.5, 0.6) is 0 Å². The zero-order chi connectivity index (χ0) is 23.7. The lowest BCUT2D eigenvalue weighted by Gasteiger charge is -2.27. The third kappa shape index (κ3) is 6.79. The van der Waals surface area contributed by atoms with Crippen LogP contribution >= 0.6 is 0 Å². The molecule has 0 aromatic heterocycles. The first kappa shape index (κ1) is 25.8. The third-order valence-corrected chi connectivity index (χ3v) is 6.62. The van der Waals surface area contributed by atoms with Crippen molar-refractivity contribution in [2.45, 2.75) is 86.2 Å². The summed E-state index contributed by atoms with van der Waals surface area (Å²) in [6.45, 7) is 15.5. The van der Waals surface area contributed by atoms with Crippen LogP contribution in [-0.2, 0) is 0 Å². The van der Waals surface area contributed by atoms with Crippen LogP contribution in [-0.4, -0.2) is 24.0 Å². The summed E-state index contributed by atoms with van der Waals surface area (Å²) in [4.78, 5) is 4.88. The zero-order valence-corrected chi connectivity index (χ0v) is 21.2. The number of rotatable bonds is 8. The van der Waals surface area contributed by atoms with Crippen molar-refractivity contribution in [3.05, 3.63) is 70.5 Å². The molecule has 0 aromatic rings. The molecule has 1 fully saturated rings. The van der Waals surface area contributed by atoms with Crippen LogP contribution in [0.4, 0.5) is 0 Å². The first-order valence-electron chi connectivity index (χ1n) is 12.3. The van der Waals surface area contributed by atoms with Crippen LogP contribution in [0.2, 0.25) is 0 Å². The second kappa shape index (κ2) is 12.6. The number of hydrogen-bond acceptors (Lipinski definition) is 3. The van der Waals surface area contributed by atoms with E-state index in [1.54, 1.807) is 6.21 Å². The van der Waals surface area contributed by atoms with Crippen LogP contribution in [0, 0.1) is 17.2 Å². The number of aliphatic imine (C=N–C) groups is 1. The van der Waals surface area contributed by atoms with E-state index in [4.69, 9.17) is 10.4 Å². The van der Waals surface area contributed by atoms with Gasteiger partial charge in [0.1, 0.15) is 0 Å². The normalized spacial score (nSPS) is 27.4. The molecule has 0 aromatic carbocycles. The smallest absolute Gasteiger partial charge is 0.0746 e. The van der Waals surface area contributed by atoms with Crippen molar-refractivity contribution in [1.82, 2.24) is 5.32 Å². The molecule has 3 nitrogen and oxygen atoms in total. The third-order valence-electron chi connectivity index (χ3n) is 6.62. The van der Waals surface area contributed by atoms with E-state index in [1.807, 2.05) is 12.2 Å². The Labute approximate surface area is 196 Å².